The van der Waals surface area contributed by atoms with E-state index in [9.17, 15) is 0 Å². The van der Waals surface area contributed by atoms with E-state index in [1.165, 1.54) is 13.0 Å². The number of hydrogen-bond donors (Lipinski definition) is 1. The lowest BCUT2D eigenvalue weighted by Crippen LogP contribution is -2.22. The normalized spacial score (nSPS) is 26.7. The van der Waals surface area contributed by atoms with E-state index in [4.69, 9.17) is 0 Å². The molecule has 14 heavy (non-hydrogen) atoms. The van der Waals surface area contributed by atoms with Crippen molar-refractivity contribution in [3.63, 3.8) is 0 Å². The van der Waals surface area contributed by atoms with Gasteiger partial charge in [-0.1, -0.05) is 39.8 Å². The first-order valence-electron chi connectivity index (χ1n) is 5.98. The standard InChI is InChI=1S/C13H25N/c1-10(2)5-6-12-7-13(12)9-14-8-11(3)4/h5-6,10-14H,7-9H2,1-4H3/b6-5+. The summed E-state index contributed by atoms with van der Waals surface area (Å²) in [6, 6.07) is 0. The SMILES string of the molecule is CC(C)/C=C/C1CC1CNCC(C)C. The molecule has 0 aromatic rings. The molecule has 1 fully saturated rings. The van der Waals surface area contributed by atoms with Gasteiger partial charge in [0, 0.05) is 0 Å². The van der Waals surface area contributed by atoms with Crippen molar-refractivity contribution in [2.24, 2.45) is 23.7 Å². The smallest absolute Gasteiger partial charge is 0.00146 e. The van der Waals surface area contributed by atoms with Crippen molar-refractivity contribution in [3.05, 3.63) is 12.2 Å². The van der Waals surface area contributed by atoms with Crippen LogP contribution in [-0.2, 0) is 0 Å². The largest absolute Gasteiger partial charge is 0.316 e. The third-order valence-electron chi connectivity index (χ3n) is 2.68. The molecule has 82 valence electrons. The first-order chi connectivity index (χ1) is 6.59. The zero-order chi connectivity index (χ0) is 10.6. The minimum absolute atomic E-state index is 0.708. The number of nitrogens with one attached hydrogen (secondary N) is 1. The van der Waals surface area contributed by atoms with Crippen molar-refractivity contribution in [2.45, 2.75) is 34.1 Å². The first kappa shape index (κ1) is 11.8. The van der Waals surface area contributed by atoms with Crippen LogP contribution in [-0.4, -0.2) is 13.1 Å². The van der Waals surface area contributed by atoms with Gasteiger partial charge in [-0.3, -0.25) is 0 Å². The first-order valence-corrected chi connectivity index (χ1v) is 5.98. The van der Waals surface area contributed by atoms with E-state index in [2.05, 4.69) is 45.2 Å². The van der Waals surface area contributed by atoms with Crippen molar-refractivity contribution in [1.29, 1.82) is 0 Å². The number of rotatable bonds is 6. The molecule has 0 aliphatic heterocycles. The van der Waals surface area contributed by atoms with Gasteiger partial charge in [-0.15, -0.1) is 0 Å². The summed E-state index contributed by atoms with van der Waals surface area (Å²) >= 11 is 0. The number of hydrogen-bond acceptors (Lipinski definition) is 1. The second-order valence-corrected chi connectivity index (χ2v) is 5.34. The van der Waals surface area contributed by atoms with Gasteiger partial charge in [0.2, 0.25) is 0 Å². The molecule has 1 nitrogen and oxygen atoms in total. The molecule has 1 N–H and O–H groups in total. The van der Waals surface area contributed by atoms with Crippen molar-refractivity contribution in [3.8, 4) is 0 Å². The molecule has 0 amide bonds. The Morgan fingerprint density at radius 1 is 1.29 bits per heavy atom. The maximum Gasteiger partial charge on any atom is -0.00146 e. The summed E-state index contributed by atoms with van der Waals surface area (Å²) in [4.78, 5) is 0. The monoisotopic (exact) mass is 195 g/mol. The molecule has 2 unspecified atom stereocenters. The van der Waals surface area contributed by atoms with Gasteiger partial charge in [-0.05, 0) is 43.2 Å². The Hall–Kier alpha value is -0.300. The zero-order valence-electron chi connectivity index (χ0n) is 10.1. The van der Waals surface area contributed by atoms with Crippen LogP contribution in [0, 0.1) is 23.7 Å². The average molecular weight is 195 g/mol. The van der Waals surface area contributed by atoms with Gasteiger partial charge in [0.1, 0.15) is 0 Å². The van der Waals surface area contributed by atoms with Crippen molar-refractivity contribution >= 4 is 0 Å². The van der Waals surface area contributed by atoms with E-state index in [1.807, 2.05) is 0 Å². The van der Waals surface area contributed by atoms with Crippen LogP contribution in [0.2, 0.25) is 0 Å². The second-order valence-electron chi connectivity index (χ2n) is 5.34. The van der Waals surface area contributed by atoms with Crippen molar-refractivity contribution in [1.82, 2.24) is 5.32 Å². The maximum atomic E-state index is 3.53. The molecule has 0 aromatic carbocycles. The summed E-state index contributed by atoms with van der Waals surface area (Å²) in [5.74, 6) is 3.28. The summed E-state index contributed by atoms with van der Waals surface area (Å²) < 4.78 is 0. The van der Waals surface area contributed by atoms with Crippen LogP contribution in [0.1, 0.15) is 34.1 Å². The number of allylic oxidation sites excluding steroid dienone is 2. The van der Waals surface area contributed by atoms with Gasteiger partial charge in [0.05, 0.1) is 0 Å². The lowest BCUT2D eigenvalue weighted by atomic mass is 10.1. The minimum Gasteiger partial charge on any atom is -0.316 e. The molecule has 1 heteroatoms. The molecule has 2 atom stereocenters. The second kappa shape index (κ2) is 5.55. The Morgan fingerprint density at radius 3 is 2.57 bits per heavy atom. The Kier molecular flexibility index (Phi) is 4.67. The third-order valence-corrected chi connectivity index (χ3v) is 2.68. The minimum atomic E-state index is 0.708. The zero-order valence-corrected chi connectivity index (χ0v) is 10.1. The quantitative estimate of drug-likeness (QED) is 0.642. The summed E-state index contributed by atoms with van der Waals surface area (Å²) in [7, 11) is 0. The van der Waals surface area contributed by atoms with E-state index in [0.717, 1.165) is 24.3 Å². The van der Waals surface area contributed by atoms with E-state index < -0.39 is 0 Å². The van der Waals surface area contributed by atoms with Crippen molar-refractivity contribution < 1.29 is 0 Å². The third kappa shape index (κ3) is 4.80. The molecular formula is C13H25N. The highest BCUT2D eigenvalue weighted by Crippen LogP contribution is 2.39. The molecule has 0 radical (unpaired) electrons. The van der Waals surface area contributed by atoms with E-state index in [-0.39, 0.29) is 0 Å². The molecule has 0 spiro atoms. The fraction of sp³-hybridized carbons (Fsp3) is 0.846. The van der Waals surface area contributed by atoms with E-state index >= 15 is 0 Å². The van der Waals surface area contributed by atoms with Crippen LogP contribution in [0.15, 0.2) is 12.2 Å². The summed E-state index contributed by atoms with van der Waals surface area (Å²) in [6.45, 7) is 11.4. The summed E-state index contributed by atoms with van der Waals surface area (Å²) in [5.41, 5.74) is 0. The molecule has 1 aliphatic rings. The highest BCUT2D eigenvalue weighted by Gasteiger charge is 2.33. The highest BCUT2D eigenvalue weighted by atomic mass is 14.9. The predicted molar refractivity (Wildman–Crippen MR) is 63.3 cm³/mol. The molecular weight excluding hydrogens is 170 g/mol. The molecule has 1 saturated carbocycles. The van der Waals surface area contributed by atoms with Crippen LogP contribution in [0.4, 0.5) is 0 Å². The van der Waals surface area contributed by atoms with Crippen LogP contribution in [0.3, 0.4) is 0 Å². The Balaban J connectivity index is 2.03. The molecule has 0 heterocycles. The topological polar surface area (TPSA) is 12.0 Å². The van der Waals surface area contributed by atoms with Gasteiger partial charge in [-0.2, -0.15) is 0 Å². The van der Waals surface area contributed by atoms with Crippen LogP contribution >= 0.6 is 0 Å². The Labute approximate surface area is 89.0 Å². The highest BCUT2D eigenvalue weighted by molar-refractivity contribution is 5.03. The van der Waals surface area contributed by atoms with Gasteiger partial charge >= 0.3 is 0 Å². The fourth-order valence-corrected chi connectivity index (χ4v) is 1.66. The molecule has 1 aliphatic carbocycles. The van der Waals surface area contributed by atoms with Crippen LogP contribution in [0.25, 0.3) is 0 Å². The maximum absolute atomic E-state index is 3.53. The Bertz CT molecular complexity index is 182. The van der Waals surface area contributed by atoms with Gasteiger partial charge in [0.15, 0.2) is 0 Å². The van der Waals surface area contributed by atoms with Gasteiger partial charge in [0.25, 0.3) is 0 Å². The molecule has 0 aromatic heterocycles. The predicted octanol–water partition coefficient (Wildman–Crippen LogP) is 3.08. The summed E-state index contributed by atoms with van der Waals surface area (Å²) in [6.07, 6.45) is 6.15. The Morgan fingerprint density at radius 2 is 2.00 bits per heavy atom. The van der Waals surface area contributed by atoms with E-state index in [0.29, 0.717) is 5.92 Å². The molecule has 1 rings (SSSR count). The van der Waals surface area contributed by atoms with Gasteiger partial charge in [-0.25, -0.2) is 0 Å². The van der Waals surface area contributed by atoms with Crippen LogP contribution in [0.5, 0.6) is 0 Å². The fourth-order valence-electron chi connectivity index (χ4n) is 1.66. The van der Waals surface area contributed by atoms with Crippen LogP contribution < -0.4 is 5.32 Å². The lowest BCUT2D eigenvalue weighted by molar-refractivity contribution is 0.530. The van der Waals surface area contributed by atoms with Gasteiger partial charge < -0.3 is 5.32 Å². The molecule has 0 saturated heterocycles. The average Bonchev–Trinajstić information content (AvgIpc) is 2.79. The lowest BCUT2D eigenvalue weighted by Gasteiger charge is -2.05. The van der Waals surface area contributed by atoms with E-state index in [1.54, 1.807) is 0 Å². The van der Waals surface area contributed by atoms with Crippen molar-refractivity contribution in [2.75, 3.05) is 13.1 Å². The molecule has 0 bridgehead atoms. The summed E-state index contributed by atoms with van der Waals surface area (Å²) in [5, 5.41) is 3.53.